The number of benzene rings is 1. The molecule has 18 heavy (non-hydrogen) atoms. The van der Waals surface area contributed by atoms with Crippen molar-refractivity contribution in [3.8, 4) is 0 Å². The van der Waals surface area contributed by atoms with Crippen molar-refractivity contribution in [2.24, 2.45) is 0 Å². The Morgan fingerprint density at radius 1 is 1.33 bits per heavy atom. The molecule has 0 bridgehead atoms. The average Bonchev–Trinajstić information content (AvgIpc) is 2.67. The summed E-state index contributed by atoms with van der Waals surface area (Å²) in [5.74, 6) is -0.510. The number of aryl methyl sites for hydroxylation is 1. The maximum absolute atomic E-state index is 13.4. The first-order chi connectivity index (χ1) is 8.56. The Hall–Kier alpha value is -1.49. The fourth-order valence-electron chi connectivity index (χ4n) is 1.86. The van der Waals surface area contributed by atoms with E-state index in [1.807, 2.05) is 0 Å². The molecule has 1 aromatic heterocycles. The monoisotopic (exact) mass is 253 g/mol. The Morgan fingerprint density at radius 3 is 2.83 bits per heavy atom. The van der Waals surface area contributed by atoms with Crippen molar-refractivity contribution in [2.75, 3.05) is 6.54 Å². The fourth-order valence-corrected chi connectivity index (χ4v) is 1.86. The van der Waals surface area contributed by atoms with Crippen LogP contribution >= 0.6 is 0 Å². The lowest BCUT2D eigenvalue weighted by molar-refractivity contribution is 0.567. The predicted molar refractivity (Wildman–Crippen MR) is 67.5 cm³/mol. The SMILES string of the molecule is CC(C)NCCCc1nc2c(F)cc(F)cc2[nH]1. The van der Waals surface area contributed by atoms with E-state index >= 15 is 0 Å². The Kier molecular flexibility index (Phi) is 3.91. The molecular formula is C13H17F2N3. The molecule has 0 atom stereocenters. The van der Waals surface area contributed by atoms with Crippen LogP contribution in [0.5, 0.6) is 0 Å². The van der Waals surface area contributed by atoms with Gasteiger partial charge in [-0.3, -0.25) is 0 Å². The number of nitrogens with one attached hydrogen (secondary N) is 2. The average molecular weight is 253 g/mol. The third-order valence-electron chi connectivity index (χ3n) is 2.70. The molecule has 98 valence electrons. The Bertz CT molecular complexity index is 534. The van der Waals surface area contributed by atoms with E-state index < -0.39 is 11.6 Å². The molecule has 0 unspecified atom stereocenters. The molecule has 5 heteroatoms. The molecule has 0 radical (unpaired) electrons. The van der Waals surface area contributed by atoms with Gasteiger partial charge in [0.25, 0.3) is 0 Å². The van der Waals surface area contributed by atoms with Crippen molar-refractivity contribution in [3.05, 3.63) is 29.6 Å². The van der Waals surface area contributed by atoms with E-state index in [0.717, 1.165) is 25.5 Å². The molecule has 0 fully saturated rings. The van der Waals surface area contributed by atoms with Crippen LogP contribution in [0.4, 0.5) is 8.78 Å². The van der Waals surface area contributed by atoms with Gasteiger partial charge < -0.3 is 10.3 Å². The van der Waals surface area contributed by atoms with Gasteiger partial charge in [0.05, 0.1) is 5.52 Å². The molecule has 3 nitrogen and oxygen atoms in total. The van der Waals surface area contributed by atoms with Gasteiger partial charge in [0, 0.05) is 18.5 Å². The van der Waals surface area contributed by atoms with E-state index in [4.69, 9.17) is 0 Å². The molecule has 1 heterocycles. The summed E-state index contributed by atoms with van der Waals surface area (Å²) in [5.41, 5.74) is 0.627. The summed E-state index contributed by atoms with van der Waals surface area (Å²) in [7, 11) is 0. The molecule has 0 aliphatic rings. The highest BCUT2D eigenvalue weighted by atomic mass is 19.1. The summed E-state index contributed by atoms with van der Waals surface area (Å²) in [4.78, 5) is 7.09. The van der Waals surface area contributed by atoms with E-state index in [0.29, 0.717) is 17.4 Å². The second kappa shape index (κ2) is 5.44. The first kappa shape index (κ1) is 13.0. The summed E-state index contributed by atoms with van der Waals surface area (Å²) >= 11 is 0. The van der Waals surface area contributed by atoms with Crippen LogP contribution in [0.3, 0.4) is 0 Å². The summed E-state index contributed by atoms with van der Waals surface area (Å²) in [6.07, 6.45) is 1.62. The van der Waals surface area contributed by atoms with Crippen LogP contribution in [0.2, 0.25) is 0 Å². The zero-order valence-corrected chi connectivity index (χ0v) is 10.6. The number of H-pyrrole nitrogens is 1. The van der Waals surface area contributed by atoms with E-state index in [9.17, 15) is 8.78 Å². The lowest BCUT2D eigenvalue weighted by Crippen LogP contribution is -2.24. The first-order valence-electron chi connectivity index (χ1n) is 6.13. The third-order valence-corrected chi connectivity index (χ3v) is 2.70. The number of hydrogen-bond donors (Lipinski definition) is 2. The number of aromatic nitrogens is 2. The molecule has 1 aromatic carbocycles. The number of nitrogens with zero attached hydrogens (tertiary/aromatic N) is 1. The van der Waals surface area contributed by atoms with Crippen LogP contribution in [-0.4, -0.2) is 22.6 Å². The van der Waals surface area contributed by atoms with Gasteiger partial charge in [-0.15, -0.1) is 0 Å². The maximum Gasteiger partial charge on any atom is 0.153 e. The minimum absolute atomic E-state index is 0.211. The largest absolute Gasteiger partial charge is 0.342 e. The molecule has 0 aliphatic heterocycles. The molecule has 0 aliphatic carbocycles. The van der Waals surface area contributed by atoms with Crippen LogP contribution in [-0.2, 0) is 6.42 Å². The molecule has 0 saturated heterocycles. The van der Waals surface area contributed by atoms with E-state index in [1.54, 1.807) is 0 Å². The molecule has 0 saturated carbocycles. The number of aromatic amines is 1. The Labute approximate surface area is 105 Å². The molecular weight excluding hydrogens is 236 g/mol. The van der Waals surface area contributed by atoms with Crippen molar-refractivity contribution in [1.82, 2.24) is 15.3 Å². The Morgan fingerprint density at radius 2 is 2.11 bits per heavy atom. The fraction of sp³-hybridized carbons (Fsp3) is 0.462. The van der Waals surface area contributed by atoms with Gasteiger partial charge in [0.15, 0.2) is 5.82 Å². The van der Waals surface area contributed by atoms with Crippen LogP contribution in [0.15, 0.2) is 12.1 Å². The molecule has 0 spiro atoms. The highest BCUT2D eigenvalue weighted by Crippen LogP contribution is 2.17. The smallest absolute Gasteiger partial charge is 0.153 e. The molecule has 2 N–H and O–H groups in total. The minimum Gasteiger partial charge on any atom is -0.342 e. The highest BCUT2D eigenvalue weighted by Gasteiger charge is 2.09. The van der Waals surface area contributed by atoms with Gasteiger partial charge in [-0.1, -0.05) is 13.8 Å². The number of halogens is 2. The van der Waals surface area contributed by atoms with Crippen LogP contribution in [0, 0.1) is 11.6 Å². The minimum atomic E-state index is -0.618. The van der Waals surface area contributed by atoms with Crippen molar-refractivity contribution < 1.29 is 8.78 Å². The van der Waals surface area contributed by atoms with Crippen molar-refractivity contribution >= 4 is 11.0 Å². The quantitative estimate of drug-likeness (QED) is 0.804. The summed E-state index contributed by atoms with van der Waals surface area (Å²) < 4.78 is 26.4. The van der Waals surface area contributed by atoms with E-state index in [-0.39, 0.29) is 5.52 Å². The second-order valence-electron chi connectivity index (χ2n) is 4.68. The van der Waals surface area contributed by atoms with E-state index in [1.165, 1.54) is 6.07 Å². The summed E-state index contributed by atoms with van der Waals surface area (Å²) in [5, 5.41) is 3.29. The van der Waals surface area contributed by atoms with Crippen molar-refractivity contribution in [1.29, 1.82) is 0 Å². The molecule has 0 amide bonds. The number of imidazole rings is 1. The standard InChI is InChI=1S/C13H17F2N3/c1-8(2)16-5-3-4-12-17-11-7-9(14)6-10(15)13(11)18-12/h6-8,16H,3-5H2,1-2H3,(H,17,18). The molecule has 2 aromatic rings. The number of fused-ring (bicyclic) bond motifs is 1. The van der Waals surface area contributed by atoms with Gasteiger partial charge in [-0.2, -0.15) is 0 Å². The normalized spacial score (nSPS) is 11.6. The first-order valence-corrected chi connectivity index (χ1v) is 6.13. The van der Waals surface area contributed by atoms with Gasteiger partial charge in [-0.25, -0.2) is 13.8 Å². The maximum atomic E-state index is 13.4. The second-order valence-corrected chi connectivity index (χ2v) is 4.68. The van der Waals surface area contributed by atoms with E-state index in [2.05, 4.69) is 29.1 Å². The van der Waals surface area contributed by atoms with Gasteiger partial charge in [-0.05, 0) is 19.0 Å². The number of hydrogen-bond acceptors (Lipinski definition) is 2. The van der Waals surface area contributed by atoms with Gasteiger partial charge in [0.1, 0.15) is 17.2 Å². The zero-order valence-electron chi connectivity index (χ0n) is 10.6. The van der Waals surface area contributed by atoms with Gasteiger partial charge in [0.2, 0.25) is 0 Å². The molecule has 2 rings (SSSR count). The van der Waals surface area contributed by atoms with Crippen LogP contribution in [0.25, 0.3) is 11.0 Å². The highest BCUT2D eigenvalue weighted by molar-refractivity contribution is 5.75. The van der Waals surface area contributed by atoms with Crippen LogP contribution < -0.4 is 5.32 Å². The summed E-state index contributed by atoms with van der Waals surface area (Å²) in [6.45, 7) is 5.05. The zero-order chi connectivity index (χ0) is 13.1. The lowest BCUT2D eigenvalue weighted by Gasteiger charge is -2.06. The summed E-state index contributed by atoms with van der Waals surface area (Å²) in [6, 6.07) is 2.57. The van der Waals surface area contributed by atoms with Crippen molar-refractivity contribution in [3.63, 3.8) is 0 Å². The predicted octanol–water partition coefficient (Wildman–Crippen LogP) is 2.77. The third kappa shape index (κ3) is 3.04. The van der Waals surface area contributed by atoms with Gasteiger partial charge >= 0.3 is 0 Å². The van der Waals surface area contributed by atoms with Crippen molar-refractivity contribution in [2.45, 2.75) is 32.7 Å². The topological polar surface area (TPSA) is 40.7 Å². The lowest BCUT2D eigenvalue weighted by atomic mass is 10.3. The van der Waals surface area contributed by atoms with Crippen LogP contribution in [0.1, 0.15) is 26.1 Å². The Balaban J connectivity index is 2.04. The number of rotatable bonds is 5.